The van der Waals surface area contributed by atoms with Gasteiger partial charge in [0.05, 0.1) is 13.2 Å². The topological polar surface area (TPSA) is 78.9 Å². The molecule has 24 heavy (non-hydrogen) atoms. The Bertz CT molecular complexity index is 472. The highest BCUT2D eigenvalue weighted by molar-refractivity contribution is 6.00. The Morgan fingerprint density at radius 2 is 1.46 bits per heavy atom. The molecule has 0 saturated heterocycles. The summed E-state index contributed by atoms with van der Waals surface area (Å²) in [6, 6.07) is 0. The minimum Gasteiger partial charge on any atom is -0.465 e. The Labute approximate surface area is 143 Å². The van der Waals surface area contributed by atoms with Crippen molar-refractivity contribution in [2.45, 2.75) is 33.6 Å². The Balaban J connectivity index is 5.40. The molecule has 6 heteroatoms. The van der Waals surface area contributed by atoms with E-state index in [2.05, 4.69) is 6.58 Å². The zero-order valence-corrected chi connectivity index (χ0v) is 14.6. The molecule has 0 aromatic heterocycles. The van der Waals surface area contributed by atoms with E-state index in [4.69, 9.17) is 14.2 Å². The Hall–Kier alpha value is -2.37. The quantitative estimate of drug-likeness (QED) is 0.189. The predicted octanol–water partition coefficient (Wildman–Crippen LogP) is 2.74. The van der Waals surface area contributed by atoms with E-state index in [0.29, 0.717) is 0 Å². The average Bonchev–Trinajstić information content (AvgIpc) is 2.53. The van der Waals surface area contributed by atoms with E-state index in [0.717, 1.165) is 0 Å². The van der Waals surface area contributed by atoms with Crippen LogP contribution in [0.25, 0.3) is 0 Å². The first-order chi connectivity index (χ1) is 11.4. The second kappa shape index (κ2) is 12.1. The van der Waals surface area contributed by atoms with Crippen LogP contribution in [0, 0.1) is 5.41 Å². The Morgan fingerprint density at radius 3 is 1.92 bits per heavy atom. The van der Waals surface area contributed by atoms with Crippen molar-refractivity contribution in [2.24, 2.45) is 5.41 Å². The first kappa shape index (κ1) is 21.6. The summed E-state index contributed by atoms with van der Waals surface area (Å²) in [5.74, 6) is -1.70. The van der Waals surface area contributed by atoms with Gasteiger partial charge in [0.2, 0.25) is 0 Å². The zero-order valence-electron chi connectivity index (χ0n) is 14.6. The minimum atomic E-state index is -1.47. The maximum atomic E-state index is 12.4. The van der Waals surface area contributed by atoms with Crippen molar-refractivity contribution in [1.29, 1.82) is 0 Å². The Morgan fingerprint density at radius 1 is 0.917 bits per heavy atom. The van der Waals surface area contributed by atoms with E-state index in [1.54, 1.807) is 44.2 Å². The predicted molar refractivity (Wildman–Crippen MR) is 90.0 cm³/mol. The first-order valence-corrected chi connectivity index (χ1v) is 7.85. The molecule has 0 amide bonds. The van der Waals surface area contributed by atoms with Gasteiger partial charge < -0.3 is 14.2 Å². The minimum absolute atomic E-state index is 0.0690. The fourth-order valence-corrected chi connectivity index (χ4v) is 1.92. The molecule has 0 atom stereocenters. The molecule has 0 aliphatic rings. The maximum absolute atomic E-state index is 12.4. The number of ether oxygens (including phenoxy) is 3. The summed E-state index contributed by atoms with van der Waals surface area (Å²) in [4.78, 5) is 35.6. The van der Waals surface area contributed by atoms with E-state index in [1.807, 2.05) is 0 Å². The summed E-state index contributed by atoms with van der Waals surface area (Å²) in [5.41, 5.74) is -1.47. The summed E-state index contributed by atoms with van der Waals surface area (Å²) in [6.07, 6.45) is 8.25. The molecule has 0 fully saturated rings. The maximum Gasteiger partial charge on any atom is 0.324 e. The molecular weight excluding hydrogens is 312 g/mol. The SMILES string of the molecule is C=C/C=C/CC(C/C=C\COC(C)=O)(C(=O)OCC)C(=O)OCC. The van der Waals surface area contributed by atoms with E-state index >= 15 is 0 Å². The second-order valence-electron chi connectivity index (χ2n) is 4.87. The fourth-order valence-electron chi connectivity index (χ4n) is 1.92. The summed E-state index contributed by atoms with van der Waals surface area (Å²) in [7, 11) is 0. The molecule has 0 bridgehead atoms. The number of hydrogen-bond acceptors (Lipinski definition) is 6. The van der Waals surface area contributed by atoms with Crippen LogP contribution in [-0.2, 0) is 28.6 Å². The number of esters is 3. The van der Waals surface area contributed by atoms with Gasteiger partial charge in [-0.1, -0.05) is 37.0 Å². The largest absolute Gasteiger partial charge is 0.465 e. The summed E-state index contributed by atoms with van der Waals surface area (Å²) in [6.45, 7) is 8.59. The first-order valence-electron chi connectivity index (χ1n) is 7.85. The number of carbonyl (C=O) groups is 3. The lowest BCUT2D eigenvalue weighted by Gasteiger charge is -2.27. The smallest absolute Gasteiger partial charge is 0.324 e. The molecule has 0 rings (SSSR count). The molecule has 0 N–H and O–H groups in total. The van der Waals surface area contributed by atoms with Gasteiger partial charge >= 0.3 is 17.9 Å². The third-order valence-corrected chi connectivity index (χ3v) is 3.09. The van der Waals surface area contributed by atoms with Gasteiger partial charge in [0.15, 0.2) is 5.41 Å². The monoisotopic (exact) mass is 338 g/mol. The molecule has 0 saturated carbocycles. The lowest BCUT2D eigenvalue weighted by Crippen LogP contribution is -2.41. The van der Waals surface area contributed by atoms with E-state index in [9.17, 15) is 14.4 Å². The van der Waals surface area contributed by atoms with Crippen LogP contribution in [0.15, 0.2) is 37.0 Å². The van der Waals surface area contributed by atoms with Crippen molar-refractivity contribution in [2.75, 3.05) is 19.8 Å². The van der Waals surface area contributed by atoms with E-state index < -0.39 is 23.3 Å². The molecular formula is C18H26O6. The molecule has 0 unspecified atom stereocenters. The van der Waals surface area contributed by atoms with Crippen LogP contribution >= 0.6 is 0 Å². The van der Waals surface area contributed by atoms with E-state index in [1.165, 1.54) is 6.92 Å². The van der Waals surface area contributed by atoms with Crippen molar-refractivity contribution in [3.05, 3.63) is 37.0 Å². The number of hydrogen-bond donors (Lipinski definition) is 0. The van der Waals surface area contributed by atoms with Gasteiger partial charge in [-0.3, -0.25) is 14.4 Å². The molecule has 0 aliphatic heterocycles. The molecule has 6 nitrogen and oxygen atoms in total. The van der Waals surface area contributed by atoms with Gasteiger partial charge in [-0.05, 0) is 26.7 Å². The third-order valence-electron chi connectivity index (χ3n) is 3.09. The van der Waals surface area contributed by atoms with Crippen LogP contribution in [0.1, 0.15) is 33.6 Å². The van der Waals surface area contributed by atoms with Crippen LogP contribution in [0.3, 0.4) is 0 Å². The summed E-state index contributed by atoms with van der Waals surface area (Å²) >= 11 is 0. The van der Waals surface area contributed by atoms with Gasteiger partial charge in [-0.25, -0.2) is 0 Å². The zero-order chi connectivity index (χ0) is 18.4. The highest BCUT2D eigenvalue weighted by atomic mass is 16.6. The van der Waals surface area contributed by atoms with Gasteiger partial charge in [-0.2, -0.15) is 0 Å². The van der Waals surface area contributed by atoms with Crippen LogP contribution in [0.4, 0.5) is 0 Å². The van der Waals surface area contributed by atoms with Crippen molar-refractivity contribution < 1.29 is 28.6 Å². The lowest BCUT2D eigenvalue weighted by molar-refractivity contribution is -0.171. The molecule has 0 spiro atoms. The van der Waals surface area contributed by atoms with E-state index in [-0.39, 0.29) is 32.7 Å². The van der Waals surface area contributed by atoms with Gasteiger partial charge in [0, 0.05) is 6.92 Å². The van der Waals surface area contributed by atoms with Gasteiger partial charge in [0.25, 0.3) is 0 Å². The molecule has 0 aliphatic carbocycles. The van der Waals surface area contributed by atoms with Crippen LogP contribution in [0.5, 0.6) is 0 Å². The molecule has 134 valence electrons. The normalized spacial score (nSPS) is 11.5. The average molecular weight is 338 g/mol. The van der Waals surface area contributed by atoms with Gasteiger partial charge in [0.1, 0.15) is 6.61 Å². The highest BCUT2D eigenvalue weighted by Crippen LogP contribution is 2.32. The van der Waals surface area contributed by atoms with Crippen molar-refractivity contribution >= 4 is 17.9 Å². The van der Waals surface area contributed by atoms with Crippen LogP contribution < -0.4 is 0 Å². The highest BCUT2D eigenvalue weighted by Gasteiger charge is 2.47. The standard InChI is InChI=1S/C18H26O6/c1-5-8-9-12-18(16(20)22-6-2,17(21)23-7-3)13-10-11-14-24-15(4)19/h5,8-11H,1,6-7,12-14H2,2-4H3/b9-8+,11-10-. The molecule has 0 aromatic carbocycles. The molecule has 0 heterocycles. The second-order valence-corrected chi connectivity index (χ2v) is 4.87. The number of rotatable bonds is 11. The van der Waals surface area contributed by atoms with Gasteiger partial charge in [-0.15, -0.1) is 0 Å². The van der Waals surface area contributed by atoms with Crippen molar-refractivity contribution in [3.8, 4) is 0 Å². The summed E-state index contributed by atoms with van der Waals surface area (Å²) in [5, 5.41) is 0. The third kappa shape index (κ3) is 7.26. The number of carbonyl (C=O) groups excluding carboxylic acids is 3. The number of allylic oxidation sites excluding steroid dienone is 4. The summed E-state index contributed by atoms with van der Waals surface area (Å²) < 4.78 is 14.9. The van der Waals surface area contributed by atoms with Crippen LogP contribution in [0.2, 0.25) is 0 Å². The van der Waals surface area contributed by atoms with Crippen molar-refractivity contribution in [3.63, 3.8) is 0 Å². The Kier molecular flexibility index (Phi) is 10.9. The van der Waals surface area contributed by atoms with Crippen LogP contribution in [-0.4, -0.2) is 37.7 Å². The van der Waals surface area contributed by atoms with Crippen molar-refractivity contribution in [1.82, 2.24) is 0 Å². The molecule has 0 aromatic rings. The molecule has 0 radical (unpaired) electrons. The fraction of sp³-hybridized carbons (Fsp3) is 0.500. The lowest BCUT2D eigenvalue weighted by atomic mass is 9.80.